The molecule has 17 heavy (non-hydrogen) atoms. The Hall–Kier alpha value is -1.90. The van der Waals surface area contributed by atoms with Crippen LogP contribution in [-0.4, -0.2) is 4.98 Å². The fourth-order valence-corrected chi connectivity index (χ4v) is 2.51. The SMILES string of the molecule is O=c1ccc(-c2ccc(F)c3c2CCC3)c[nH]1. The molecule has 0 fully saturated rings. The van der Waals surface area contributed by atoms with Crippen molar-refractivity contribution in [3.8, 4) is 11.1 Å². The van der Waals surface area contributed by atoms with Crippen LogP contribution in [-0.2, 0) is 12.8 Å². The standard InChI is InChI=1S/C14H12FNO/c15-13-6-5-10(11-2-1-3-12(11)13)9-4-7-14(17)16-8-9/h4-8H,1-3H2,(H,16,17). The Balaban J connectivity index is 2.19. The predicted octanol–water partition coefficient (Wildman–Crippen LogP) is 2.67. The zero-order valence-corrected chi connectivity index (χ0v) is 9.29. The number of nitrogens with one attached hydrogen (secondary N) is 1. The van der Waals surface area contributed by atoms with E-state index in [1.54, 1.807) is 18.3 Å². The van der Waals surface area contributed by atoms with Gasteiger partial charge in [0, 0.05) is 12.3 Å². The molecular formula is C14H12FNO. The Morgan fingerprint density at radius 1 is 1.06 bits per heavy atom. The number of aromatic amines is 1. The molecule has 2 aromatic rings. The molecule has 0 bridgehead atoms. The molecule has 0 unspecified atom stereocenters. The van der Waals surface area contributed by atoms with Gasteiger partial charge in [-0.2, -0.15) is 0 Å². The summed E-state index contributed by atoms with van der Waals surface area (Å²) in [4.78, 5) is 13.7. The number of rotatable bonds is 1. The predicted molar refractivity (Wildman–Crippen MR) is 64.5 cm³/mol. The lowest BCUT2D eigenvalue weighted by atomic mass is 9.98. The first-order valence-corrected chi connectivity index (χ1v) is 5.75. The summed E-state index contributed by atoms with van der Waals surface area (Å²) in [7, 11) is 0. The minimum Gasteiger partial charge on any atom is -0.328 e. The van der Waals surface area contributed by atoms with Crippen molar-refractivity contribution in [2.45, 2.75) is 19.3 Å². The fraction of sp³-hybridized carbons (Fsp3) is 0.214. The highest BCUT2D eigenvalue weighted by Gasteiger charge is 2.19. The zero-order valence-electron chi connectivity index (χ0n) is 9.29. The van der Waals surface area contributed by atoms with E-state index in [9.17, 15) is 9.18 Å². The molecular weight excluding hydrogens is 217 g/mol. The zero-order chi connectivity index (χ0) is 11.8. The molecule has 0 aliphatic heterocycles. The highest BCUT2D eigenvalue weighted by molar-refractivity contribution is 5.68. The van der Waals surface area contributed by atoms with Crippen LogP contribution in [0.2, 0.25) is 0 Å². The van der Waals surface area contributed by atoms with Crippen molar-refractivity contribution in [3.63, 3.8) is 0 Å². The van der Waals surface area contributed by atoms with E-state index in [-0.39, 0.29) is 11.4 Å². The van der Waals surface area contributed by atoms with Gasteiger partial charge in [0.15, 0.2) is 0 Å². The number of fused-ring (bicyclic) bond motifs is 1. The summed E-state index contributed by atoms with van der Waals surface area (Å²) in [6.45, 7) is 0. The van der Waals surface area contributed by atoms with Crippen molar-refractivity contribution < 1.29 is 4.39 Å². The number of hydrogen-bond donors (Lipinski definition) is 1. The van der Waals surface area contributed by atoms with Gasteiger partial charge in [-0.3, -0.25) is 4.79 Å². The Morgan fingerprint density at radius 2 is 1.88 bits per heavy atom. The number of benzene rings is 1. The van der Waals surface area contributed by atoms with Gasteiger partial charge < -0.3 is 4.98 Å². The smallest absolute Gasteiger partial charge is 0.247 e. The van der Waals surface area contributed by atoms with E-state index in [4.69, 9.17) is 0 Å². The summed E-state index contributed by atoms with van der Waals surface area (Å²) in [5.41, 5.74) is 3.80. The first-order valence-electron chi connectivity index (χ1n) is 5.75. The third-order valence-corrected chi connectivity index (χ3v) is 3.32. The van der Waals surface area contributed by atoms with Crippen LogP contribution in [0.1, 0.15) is 17.5 Å². The Morgan fingerprint density at radius 3 is 2.65 bits per heavy atom. The molecule has 1 N–H and O–H groups in total. The van der Waals surface area contributed by atoms with E-state index in [0.29, 0.717) is 0 Å². The molecule has 1 aromatic carbocycles. The first-order chi connectivity index (χ1) is 8.25. The molecule has 0 amide bonds. The highest BCUT2D eigenvalue weighted by atomic mass is 19.1. The van der Waals surface area contributed by atoms with Crippen LogP contribution in [0.5, 0.6) is 0 Å². The van der Waals surface area contributed by atoms with E-state index in [2.05, 4.69) is 4.98 Å². The summed E-state index contributed by atoms with van der Waals surface area (Å²) in [6.07, 6.45) is 4.43. The van der Waals surface area contributed by atoms with Crippen LogP contribution in [0.15, 0.2) is 35.3 Å². The van der Waals surface area contributed by atoms with Gasteiger partial charge in [-0.15, -0.1) is 0 Å². The Labute approximate surface area is 98.1 Å². The summed E-state index contributed by atoms with van der Waals surface area (Å²) >= 11 is 0. The Kier molecular flexibility index (Phi) is 2.32. The molecule has 1 aromatic heterocycles. The average molecular weight is 229 g/mol. The molecule has 0 spiro atoms. The number of H-pyrrole nitrogens is 1. The molecule has 3 heteroatoms. The number of hydrogen-bond acceptors (Lipinski definition) is 1. The number of aromatic nitrogens is 1. The second-order valence-corrected chi connectivity index (χ2v) is 4.35. The van der Waals surface area contributed by atoms with E-state index in [1.807, 2.05) is 0 Å². The van der Waals surface area contributed by atoms with Crippen molar-refractivity contribution in [1.29, 1.82) is 0 Å². The van der Waals surface area contributed by atoms with E-state index >= 15 is 0 Å². The molecule has 0 radical (unpaired) electrons. The molecule has 1 heterocycles. The summed E-state index contributed by atoms with van der Waals surface area (Å²) in [5.74, 6) is -0.106. The summed E-state index contributed by atoms with van der Waals surface area (Å²) < 4.78 is 13.6. The maximum Gasteiger partial charge on any atom is 0.247 e. The fourth-order valence-electron chi connectivity index (χ4n) is 2.51. The lowest BCUT2D eigenvalue weighted by molar-refractivity contribution is 0.613. The monoisotopic (exact) mass is 229 g/mol. The van der Waals surface area contributed by atoms with Crippen LogP contribution < -0.4 is 5.56 Å². The maximum atomic E-state index is 13.6. The second kappa shape index (κ2) is 3.84. The van der Waals surface area contributed by atoms with Gasteiger partial charge in [0.1, 0.15) is 5.82 Å². The highest BCUT2D eigenvalue weighted by Crippen LogP contribution is 2.33. The quantitative estimate of drug-likeness (QED) is 0.801. The van der Waals surface area contributed by atoms with Gasteiger partial charge in [0.05, 0.1) is 0 Å². The molecule has 1 aliphatic rings. The van der Waals surface area contributed by atoms with Gasteiger partial charge in [-0.25, -0.2) is 4.39 Å². The topological polar surface area (TPSA) is 32.9 Å². The lowest BCUT2D eigenvalue weighted by Gasteiger charge is -2.09. The number of pyridine rings is 1. The first kappa shape index (κ1) is 10.3. The minimum atomic E-state index is -0.118. The van der Waals surface area contributed by atoms with E-state index in [1.165, 1.54) is 12.1 Å². The maximum absolute atomic E-state index is 13.6. The van der Waals surface area contributed by atoms with Crippen molar-refractivity contribution in [3.05, 3.63) is 57.8 Å². The van der Waals surface area contributed by atoms with Crippen LogP contribution in [0.3, 0.4) is 0 Å². The minimum absolute atomic E-state index is 0.106. The molecule has 0 saturated heterocycles. The molecule has 0 atom stereocenters. The van der Waals surface area contributed by atoms with Crippen molar-refractivity contribution in [2.24, 2.45) is 0 Å². The molecule has 1 aliphatic carbocycles. The third kappa shape index (κ3) is 1.68. The number of halogens is 1. The van der Waals surface area contributed by atoms with E-state index in [0.717, 1.165) is 41.5 Å². The normalized spacial score (nSPS) is 13.7. The van der Waals surface area contributed by atoms with Gasteiger partial charge in [-0.05, 0) is 53.6 Å². The van der Waals surface area contributed by atoms with Gasteiger partial charge >= 0.3 is 0 Å². The molecule has 3 rings (SSSR count). The van der Waals surface area contributed by atoms with Crippen LogP contribution >= 0.6 is 0 Å². The lowest BCUT2D eigenvalue weighted by Crippen LogP contribution is -2.02. The molecule has 2 nitrogen and oxygen atoms in total. The van der Waals surface area contributed by atoms with Gasteiger partial charge in [0.2, 0.25) is 5.56 Å². The molecule has 86 valence electrons. The average Bonchev–Trinajstić information content (AvgIpc) is 2.81. The summed E-state index contributed by atoms with van der Waals surface area (Å²) in [6, 6.07) is 6.60. The summed E-state index contributed by atoms with van der Waals surface area (Å²) in [5, 5.41) is 0. The van der Waals surface area contributed by atoms with E-state index < -0.39 is 0 Å². The third-order valence-electron chi connectivity index (χ3n) is 3.32. The van der Waals surface area contributed by atoms with Crippen LogP contribution in [0, 0.1) is 5.82 Å². The van der Waals surface area contributed by atoms with Gasteiger partial charge in [-0.1, -0.05) is 6.07 Å². The van der Waals surface area contributed by atoms with Crippen LogP contribution in [0.4, 0.5) is 4.39 Å². The Bertz CT molecular complexity index is 610. The second-order valence-electron chi connectivity index (χ2n) is 4.35. The van der Waals surface area contributed by atoms with Crippen LogP contribution in [0.25, 0.3) is 11.1 Å². The van der Waals surface area contributed by atoms with Crippen molar-refractivity contribution >= 4 is 0 Å². The largest absolute Gasteiger partial charge is 0.328 e. The van der Waals surface area contributed by atoms with Gasteiger partial charge in [0.25, 0.3) is 0 Å². The molecule has 0 saturated carbocycles. The van der Waals surface area contributed by atoms with Crippen molar-refractivity contribution in [1.82, 2.24) is 4.98 Å². The van der Waals surface area contributed by atoms with Crippen molar-refractivity contribution in [2.75, 3.05) is 0 Å².